The van der Waals surface area contributed by atoms with E-state index in [9.17, 15) is 4.79 Å². The molecule has 108 valence electrons. The van der Waals surface area contributed by atoms with Gasteiger partial charge in [0.15, 0.2) is 0 Å². The highest BCUT2D eigenvalue weighted by molar-refractivity contribution is 7.07. The number of amides is 1. The monoisotopic (exact) mass is 300 g/mol. The summed E-state index contributed by atoms with van der Waals surface area (Å²) in [5.74, 6) is -0.143. The molecule has 2 rings (SSSR count). The summed E-state index contributed by atoms with van der Waals surface area (Å²) in [4.78, 5) is 18.4. The van der Waals surface area contributed by atoms with Crippen LogP contribution in [0.2, 0.25) is 0 Å². The second-order valence-corrected chi connectivity index (χ2v) is 5.44. The molecule has 1 atom stereocenters. The lowest BCUT2D eigenvalue weighted by atomic mass is 10.2. The van der Waals surface area contributed by atoms with Crippen LogP contribution in [0.25, 0.3) is 0 Å². The number of hydrogen-bond acceptors (Lipinski definition) is 5. The maximum Gasteiger partial charge on any atom is 0.241 e. The third kappa shape index (κ3) is 3.88. The summed E-state index contributed by atoms with van der Waals surface area (Å²) in [5, 5.41) is 13.8. The number of anilines is 1. The average Bonchev–Trinajstić information content (AvgIpc) is 2.99. The van der Waals surface area contributed by atoms with E-state index in [1.165, 1.54) is 11.3 Å². The summed E-state index contributed by atoms with van der Waals surface area (Å²) in [6.45, 7) is 2.44. The van der Waals surface area contributed by atoms with Crippen LogP contribution in [0, 0.1) is 11.3 Å². The molecule has 1 unspecified atom stereocenters. The Balaban J connectivity index is 2.01. The Labute approximate surface area is 127 Å². The van der Waals surface area contributed by atoms with Crippen molar-refractivity contribution in [3.05, 3.63) is 46.4 Å². The molecule has 1 heterocycles. The molecule has 0 bridgehead atoms. The number of likely N-dealkylation sites (N-methyl/N-ethyl adjacent to an activating group) is 1. The van der Waals surface area contributed by atoms with Crippen LogP contribution in [0.3, 0.4) is 0 Å². The van der Waals surface area contributed by atoms with E-state index in [0.29, 0.717) is 17.8 Å². The van der Waals surface area contributed by atoms with Gasteiger partial charge in [-0.1, -0.05) is 12.1 Å². The van der Waals surface area contributed by atoms with E-state index >= 15 is 0 Å². The van der Waals surface area contributed by atoms with Crippen molar-refractivity contribution in [2.75, 3.05) is 12.4 Å². The minimum atomic E-state index is -0.321. The Bertz CT molecular complexity index is 648. The van der Waals surface area contributed by atoms with Gasteiger partial charge in [0.05, 0.1) is 28.5 Å². The molecule has 1 N–H and O–H groups in total. The van der Waals surface area contributed by atoms with Crippen molar-refractivity contribution >= 4 is 22.9 Å². The van der Waals surface area contributed by atoms with Gasteiger partial charge in [-0.05, 0) is 26.1 Å². The fourth-order valence-corrected chi connectivity index (χ4v) is 2.38. The Morgan fingerprint density at radius 3 is 2.95 bits per heavy atom. The maximum atomic E-state index is 12.3. The van der Waals surface area contributed by atoms with Crippen LogP contribution in [-0.4, -0.2) is 28.9 Å². The van der Waals surface area contributed by atoms with Gasteiger partial charge in [-0.2, -0.15) is 5.26 Å². The first kappa shape index (κ1) is 15.2. The number of benzene rings is 1. The topological polar surface area (TPSA) is 69.0 Å². The normalized spacial score (nSPS) is 11.9. The lowest BCUT2D eigenvalue weighted by Gasteiger charge is -2.23. The average molecular weight is 300 g/mol. The number of nitrogens with one attached hydrogen (secondary N) is 1. The Morgan fingerprint density at radius 1 is 1.52 bits per heavy atom. The summed E-state index contributed by atoms with van der Waals surface area (Å²) < 4.78 is 0. The van der Waals surface area contributed by atoms with E-state index < -0.39 is 0 Å². The smallest absolute Gasteiger partial charge is 0.241 e. The zero-order valence-electron chi connectivity index (χ0n) is 11.9. The highest BCUT2D eigenvalue weighted by atomic mass is 32.1. The molecule has 0 aliphatic heterocycles. The number of para-hydroxylation sites is 1. The number of carbonyl (C=O) groups is 1. The van der Waals surface area contributed by atoms with Gasteiger partial charge in [0.25, 0.3) is 0 Å². The lowest BCUT2D eigenvalue weighted by Crippen LogP contribution is -2.39. The Kier molecular flexibility index (Phi) is 5.04. The van der Waals surface area contributed by atoms with Gasteiger partial charge >= 0.3 is 0 Å². The molecule has 5 nitrogen and oxygen atoms in total. The van der Waals surface area contributed by atoms with E-state index in [0.717, 1.165) is 5.69 Å². The maximum absolute atomic E-state index is 12.3. The zero-order chi connectivity index (χ0) is 15.2. The Hall–Kier alpha value is -2.23. The summed E-state index contributed by atoms with van der Waals surface area (Å²) in [7, 11) is 1.87. The molecule has 0 radical (unpaired) electrons. The molecule has 0 aliphatic rings. The van der Waals surface area contributed by atoms with Gasteiger partial charge in [0.2, 0.25) is 5.91 Å². The summed E-state index contributed by atoms with van der Waals surface area (Å²) in [6.07, 6.45) is 0. The summed E-state index contributed by atoms with van der Waals surface area (Å²) in [6, 6.07) is 8.71. The quantitative estimate of drug-likeness (QED) is 0.921. The molecule has 0 saturated carbocycles. The number of carbonyl (C=O) groups excluding carboxylic acids is 1. The van der Waals surface area contributed by atoms with Crippen LogP contribution >= 0.6 is 11.3 Å². The van der Waals surface area contributed by atoms with Crippen molar-refractivity contribution in [2.45, 2.75) is 19.5 Å². The molecule has 0 spiro atoms. The number of aromatic nitrogens is 1. The second-order valence-electron chi connectivity index (χ2n) is 4.72. The van der Waals surface area contributed by atoms with E-state index in [-0.39, 0.29) is 11.9 Å². The molecule has 0 aliphatic carbocycles. The number of rotatable bonds is 5. The first-order valence-corrected chi connectivity index (χ1v) is 7.43. The largest absolute Gasteiger partial charge is 0.324 e. The molecule has 0 fully saturated rings. The lowest BCUT2D eigenvalue weighted by molar-refractivity contribution is -0.120. The summed E-state index contributed by atoms with van der Waals surface area (Å²) >= 11 is 1.53. The number of hydrogen-bond donors (Lipinski definition) is 1. The van der Waals surface area contributed by atoms with Gasteiger partial charge in [-0.15, -0.1) is 11.3 Å². The molecule has 0 saturated heterocycles. The molecule has 1 amide bonds. The van der Waals surface area contributed by atoms with Crippen LogP contribution in [0.5, 0.6) is 0 Å². The van der Waals surface area contributed by atoms with Crippen molar-refractivity contribution in [1.29, 1.82) is 5.26 Å². The van der Waals surface area contributed by atoms with Gasteiger partial charge < -0.3 is 5.32 Å². The van der Waals surface area contributed by atoms with E-state index in [4.69, 9.17) is 5.26 Å². The molecule has 1 aromatic carbocycles. The first-order chi connectivity index (χ1) is 10.1. The molecule has 1 aromatic heterocycles. The number of thiazole rings is 1. The zero-order valence-corrected chi connectivity index (χ0v) is 12.7. The number of nitrogens with zero attached hydrogens (tertiary/aromatic N) is 3. The van der Waals surface area contributed by atoms with Crippen molar-refractivity contribution in [2.24, 2.45) is 0 Å². The van der Waals surface area contributed by atoms with E-state index in [2.05, 4.69) is 16.4 Å². The fourth-order valence-electron chi connectivity index (χ4n) is 1.84. The predicted octanol–water partition coefficient (Wildman–Crippen LogP) is 2.47. The van der Waals surface area contributed by atoms with Crippen LogP contribution in [0.15, 0.2) is 35.2 Å². The van der Waals surface area contributed by atoms with Gasteiger partial charge in [0, 0.05) is 11.9 Å². The van der Waals surface area contributed by atoms with Crippen molar-refractivity contribution in [3.8, 4) is 6.07 Å². The van der Waals surface area contributed by atoms with Crippen molar-refractivity contribution < 1.29 is 4.79 Å². The number of nitriles is 1. The third-order valence-corrected chi connectivity index (χ3v) is 3.88. The van der Waals surface area contributed by atoms with E-state index in [1.54, 1.807) is 29.8 Å². The molecule has 21 heavy (non-hydrogen) atoms. The van der Waals surface area contributed by atoms with Gasteiger partial charge in [-0.25, -0.2) is 4.98 Å². The summed E-state index contributed by atoms with van der Waals surface area (Å²) in [5.41, 5.74) is 3.72. The molecular weight excluding hydrogens is 284 g/mol. The van der Waals surface area contributed by atoms with Crippen LogP contribution < -0.4 is 5.32 Å². The van der Waals surface area contributed by atoms with Crippen molar-refractivity contribution in [1.82, 2.24) is 9.88 Å². The molecule has 6 heteroatoms. The first-order valence-electron chi connectivity index (χ1n) is 6.49. The standard InChI is InChI=1S/C15H16N4OS/c1-11(19(2)8-13-9-21-10-17-13)15(20)18-14-6-4-3-5-12(14)7-16/h3-6,9-11H,8H2,1-2H3,(H,18,20). The minimum absolute atomic E-state index is 0.143. The predicted molar refractivity (Wildman–Crippen MR) is 82.8 cm³/mol. The van der Waals surface area contributed by atoms with Crippen LogP contribution in [0.4, 0.5) is 5.69 Å². The Morgan fingerprint density at radius 2 is 2.29 bits per heavy atom. The second kappa shape index (κ2) is 6.97. The third-order valence-electron chi connectivity index (χ3n) is 3.24. The SMILES string of the molecule is CC(C(=O)Nc1ccccc1C#N)N(C)Cc1cscn1. The van der Waals surface area contributed by atoms with Gasteiger partial charge in [-0.3, -0.25) is 9.69 Å². The van der Waals surface area contributed by atoms with E-state index in [1.807, 2.05) is 24.3 Å². The van der Waals surface area contributed by atoms with Gasteiger partial charge in [0.1, 0.15) is 6.07 Å². The highest BCUT2D eigenvalue weighted by Crippen LogP contribution is 2.15. The fraction of sp³-hybridized carbons (Fsp3) is 0.267. The van der Waals surface area contributed by atoms with Crippen molar-refractivity contribution in [3.63, 3.8) is 0 Å². The van der Waals surface area contributed by atoms with Crippen LogP contribution in [-0.2, 0) is 11.3 Å². The minimum Gasteiger partial charge on any atom is -0.324 e. The molecule has 2 aromatic rings. The molecular formula is C15H16N4OS. The highest BCUT2D eigenvalue weighted by Gasteiger charge is 2.19. The van der Waals surface area contributed by atoms with Crippen LogP contribution in [0.1, 0.15) is 18.2 Å².